The number of hydrogen-bond acceptors (Lipinski definition) is 3. The molecule has 17 heavy (non-hydrogen) atoms. The normalized spacial score (nSPS) is 17.8. The van der Waals surface area contributed by atoms with E-state index in [1.54, 1.807) is 7.05 Å². The Morgan fingerprint density at radius 2 is 2.24 bits per heavy atom. The van der Waals surface area contributed by atoms with Crippen molar-refractivity contribution in [1.29, 1.82) is 0 Å². The molecule has 0 bridgehead atoms. The van der Waals surface area contributed by atoms with Gasteiger partial charge in [-0.3, -0.25) is 4.79 Å². The van der Waals surface area contributed by atoms with Crippen LogP contribution < -0.4 is 10.6 Å². The van der Waals surface area contributed by atoms with Crippen molar-refractivity contribution < 1.29 is 4.79 Å². The van der Waals surface area contributed by atoms with Gasteiger partial charge in [-0.15, -0.1) is 24.2 Å². The van der Waals surface area contributed by atoms with Crippen LogP contribution in [0.5, 0.6) is 0 Å². The Bertz CT molecular complexity index is 387. The molecule has 1 atom stereocenters. The third kappa shape index (κ3) is 3.63. The van der Waals surface area contributed by atoms with Gasteiger partial charge >= 0.3 is 0 Å². The second kappa shape index (κ2) is 6.89. The first-order valence-corrected chi connectivity index (χ1v) is 6.45. The van der Waals surface area contributed by atoms with E-state index < -0.39 is 0 Å². The van der Waals surface area contributed by atoms with E-state index in [9.17, 15) is 4.79 Å². The van der Waals surface area contributed by atoms with Crippen molar-refractivity contribution in [3.8, 4) is 0 Å². The lowest BCUT2D eigenvalue weighted by Crippen LogP contribution is -2.36. The van der Waals surface area contributed by atoms with Gasteiger partial charge in [0.25, 0.3) is 0 Å². The molecule has 0 fully saturated rings. The highest BCUT2D eigenvalue weighted by Gasteiger charge is 2.21. The van der Waals surface area contributed by atoms with Gasteiger partial charge in [-0.25, -0.2) is 0 Å². The highest BCUT2D eigenvalue weighted by atomic mass is 35.5. The van der Waals surface area contributed by atoms with E-state index in [1.165, 1.54) is 10.5 Å². The minimum atomic E-state index is 0. The van der Waals surface area contributed by atoms with Crippen LogP contribution >= 0.6 is 24.2 Å². The highest BCUT2D eigenvalue weighted by molar-refractivity contribution is 7.99. The third-order valence-corrected chi connectivity index (χ3v) is 3.75. The molecule has 0 aromatic heterocycles. The molecule has 5 heteroatoms. The number of amides is 1. The van der Waals surface area contributed by atoms with Crippen LogP contribution in [0.25, 0.3) is 0 Å². The van der Waals surface area contributed by atoms with Gasteiger partial charge in [0.1, 0.15) is 0 Å². The molecular weight excluding hydrogens is 256 g/mol. The second-order valence-electron chi connectivity index (χ2n) is 3.83. The smallest absolute Gasteiger partial charge is 0.234 e. The summed E-state index contributed by atoms with van der Waals surface area (Å²) in [5.41, 5.74) is 1.25. The van der Waals surface area contributed by atoms with Gasteiger partial charge in [0, 0.05) is 10.6 Å². The van der Waals surface area contributed by atoms with E-state index >= 15 is 0 Å². The monoisotopic (exact) mass is 272 g/mol. The molecule has 2 rings (SSSR count). The maximum Gasteiger partial charge on any atom is 0.234 e. The lowest BCUT2D eigenvalue weighted by Gasteiger charge is -2.25. The van der Waals surface area contributed by atoms with Gasteiger partial charge in [0.2, 0.25) is 5.91 Å². The van der Waals surface area contributed by atoms with Gasteiger partial charge in [-0.05, 0) is 25.1 Å². The fraction of sp³-hybridized carbons (Fsp3) is 0.417. The molecule has 2 N–H and O–H groups in total. The summed E-state index contributed by atoms with van der Waals surface area (Å²) in [6.07, 6.45) is 1.01. The minimum Gasteiger partial charge on any atom is -0.348 e. The van der Waals surface area contributed by atoms with Crippen LogP contribution in [-0.2, 0) is 4.79 Å². The molecule has 3 nitrogen and oxygen atoms in total. The standard InChI is InChI=1S/C12H16N2OS.ClH/c1-13-8-12(15)14-10-6-7-16-11-5-3-2-4-9(10)11;/h2-5,10,13H,6-8H2,1H3,(H,14,15);1H. The van der Waals surface area contributed by atoms with Crippen LogP contribution in [0.15, 0.2) is 29.2 Å². The van der Waals surface area contributed by atoms with E-state index in [1.807, 2.05) is 23.9 Å². The molecular formula is C12H17ClN2OS. The average Bonchev–Trinajstić information content (AvgIpc) is 2.30. The molecule has 1 aromatic carbocycles. The number of likely N-dealkylation sites (N-methyl/N-ethyl adjacent to an activating group) is 1. The summed E-state index contributed by atoms with van der Waals surface area (Å²) >= 11 is 1.87. The van der Waals surface area contributed by atoms with Gasteiger partial charge < -0.3 is 10.6 Å². The van der Waals surface area contributed by atoms with Crippen LogP contribution in [0.3, 0.4) is 0 Å². The molecule has 1 aliphatic heterocycles. The molecule has 1 heterocycles. The Morgan fingerprint density at radius 1 is 1.47 bits per heavy atom. The lowest BCUT2D eigenvalue weighted by atomic mass is 10.0. The van der Waals surface area contributed by atoms with Crippen molar-refractivity contribution in [3.63, 3.8) is 0 Å². The first-order valence-electron chi connectivity index (χ1n) is 5.47. The van der Waals surface area contributed by atoms with Crippen LogP contribution in [-0.4, -0.2) is 25.3 Å². The van der Waals surface area contributed by atoms with Crippen LogP contribution in [0.1, 0.15) is 18.0 Å². The quantitative estimate of drug-likeness (QED) is 0.884. The average molecular weight is 273 g/mol. The Morgan fingerprint density at radius 3 is 3.00 bits per heavy atom. The molecule has 1 aromatic rings. The number of rotatable bonds is 3. The Balaban J connectivity index is 0.00000144. The summed E-state index contributed by atoms with van der Waals surface area (Å²) in [4.78, 5) is 12.8. The minimum absolute atomic E-state index is 0. The number of halogens is 1. The SMILES string of the molecule is CNCC(=O)NC1CCSc2ccccc21.Cl. The van der Waals surface area contributed by atoms with Crippen LogP contribution in [0.2, 0.25) is 0 Å². The van der Waals surface area contributed by atoms with Crippen molar-refractivity contribution in [2.75, 3.05) is 19.3 Å². The van der Waals surface area contributed by atoms with Crippen LogP contribution in [0, 0.1) is 0 Å². The summed E-state index contributed by atoms with van der Waals surface area (Å²) in [6.45, 7) is 0.381. The third-order valence-electron chi connectivity index (χ3n) is 2.63. The van der Waals surface area contributed by atoms with Crippen molar-refractivity contribution in [3.05, 3.63) is 29.8 Å². The number of carbonyl (C=O) groups is 1. The van der Waals surface area contributed by atoms with Gasteiger partial charge in [-0.1, -0.05) is 18.2 Å². The molecule has 0 spiro atoms. The summed E-state index contributed by atoms with van der Waals surface area (Å²) in [6, 6.07) is 8.48. The maximum atomic E-state index is 11.5. The number of nitrogens with one attached hydrogen (secondary N) is 2. The second-order valence-corrected chi connectivity index (χ2v) is 4.96. The fourth-order valence-electron chi connectivity index (χ4n) is 1.90. The van der Waals surface area contributed by atoms with E-state index in [0.29, 0.717) is 6.54 Å². The topological polar surface area (TPSA) is 41.1 Å². The first-order chi connectivity index (χ1) is 7.81. The van der Waals surface area contributed by atoms with E-state index in [2.05, 4.69) is 22.8 Å². The number of carbonyl (C=O) groups excluding carboxylic acids is 1. The maximum absolute atomic E-state index is 11.5. The zero-order chi connectivity index (χ0) is 11.4. The first kappa shape index (κ1) is 14.4. The number of benzene rings is 1. The van der Waals surface area contributed by atoms with E-state index in [-0.39, 0.29) is 24.4 Å². The Labute approximate surface area is 112 Å². The lowest BCUT2D eigenvalue weighted by molar-refractivity contribution is -0.120. The van der Waals surface area contributed by atoms with Crippen molar-refractivity contribution in [1.82, 2.24) is 10.6 Å². The summed E-state index contributed by atoms with van der Waals surface area (Å²) in [5, 5.41) is 5.92. The fourth-order valence-corrected chi connectivity index (χ4v) is 3.02. The number of hydrogen-bond donors (Lipinski definition) is 2. The summed E-state index contributed by atoms with van der Waals surface area (Å²) < 4.78 is 0. The molecule has 0 aliphatic carbocycles. The van der Waals surface area contributed by atoms with E-state index in [0.717, 1.165) is 12.2 Å². The predicted octanol–water partition coefficient (Wildman–Crippen LogP) is 1.98. The van der Waals surface area contributed by atoms with Gasteiger partial charge in [-0.2, -0.15) is 0 Å². The molecule has 0 saturated carbocycles. The van der Waals surface area contributed by atoms with Gasteiger partial charge in [0.05, 0.1) is 12.6 Å². The molecule has 0 radical (unpaired) electrons. The van der Waals surface area contributed by atoms with Crippen molar-refractivity contribution in [2.24, 2.45) is 0 Å². The Hall–Kier alpha value is -0.710. The van der Waals surface area contributed by atoms with Crippen molar-refractivity contribution in [2.45, 2.75) is 17.4 Å². The molecule has 1 aliphatic rings. The molecule has 1 unspecified atom stereocenters. The summed E-state index contributed by atoms with van der Waals surface area (Å²) in [5.74, 6) is 1.14. The predicted molar refractivity (Wildman–Crippen MR) is 73.8 cm³/mol. The summed E-state index contributed by atoms with van der Waals surface area (Å²) in [7, 11) is 1.78. The molecule has 1 amide bonds. The number of fused-ring (bicyclic) bond motifs is 1. The van der Waals surface area contributed by atoms with Crippen molar-refractivity contribution >= 4 is 30.1 Å². The zero-order valence-electron chi connectivity index (χ0n) is 9.73. The number of thioether (sulfide) groups is 1. The van der Waals surface area contributed by atoms with Crippen LogP contribution in [0.4, 0.5) is 0 Å². The van der Waals surface area contributed by atoms with Gasteiger partial charge in [0.15, 0.2) is 0 Å². The zero-order valence-corrected chi connectivity index (χ0v) is 11.4. The molecule has 0 saturated heterocycles. The highest BCUT2D eigenvalue weighted by Crippen LogP contribution is 2.35. The molecule has 94 valence electrons. The Kier molecular flexibility index (Phi) is 5.82. The van der Waals surface area contributed by atoms with E-state index in [4.69, 9.17) is 0 Å². The largest absolute Gasteiger partial charge is 0.348 e.